The number of carbonyl (C=O) groups is 1. The average Bonchev–Trinajstić information content (AvgIpc) is 2.46. The van der Waals surface area contributed by atoms with Gasteiger partial charge in [-0.25, -0.2) is 0 Å². The molecular weight excluding hydrogens is 164 g/mol. The molecule has 13 heavy (non-hydrogen) atoms. The molecule has 2 heteroatoms. The fraction of sp³-hybridized carbons (Fsp3) is 0.364. The summed E-state index contributed by atoms with van der Waals surface area (Å²) in [7, 11) is 0. The zero-order valence-corrected chi connectivity index (χ0v) is 7.62. The van der Waals surface area contributed by atoms with Gasteiger partial charge in [-0.2, -0.15) is 0 Å². The highest BCUT2D eigenvalue weighted by Crippen LogP contribution is 2.23. The quantitative estimate of drug-likeness (QED) is 0.687. The standard InChI is InChI=1S/C11H12O2/c1-2-13-10-7-8-5-3-4-6-9(8)11(10)12/h3-6,10H,2,7H2,1H3/t10-/m1/s1. The molecule has 68 valence electrons. The van der Waals surface area contributed by atoms with Gasteiger partial charge in [0.25, 0.3) is 0 Å². The molecule has 0 saturated heterocycles. The lowest BCUT2D eigenvalue weighted by Gasteiger charge is -2.06. The molecule has 1 atom stereocenters. The van der Waals surface area contributed by atoms with Crippen molar-refractivity contribution in [1.29, 1.82) is 0 Å². The molecule has 1 aromatic rings. The van der Waals surface area contributed by atoms with Crippen LogP contribution >= 0.6 is 0 Å². The average molecular weight is 176 g/mol. The minimum absolute atomic E-state index is 0.137. The number of hydrogen-bond acceptors (Lipinski definition) is 2. The van der Waals surface area contributed by atoms with Crippen LogP contribution in [0.3, 0.4) is 0 Å². The summed E-state index contributed by atoms with van der Waals surface area (Å²) in [5, 5.41) is 0. The molecule has 1 aliphatic carbocycles. The number of carbonyl (C=O) groups excluding carboxylic acids is 1. The van der Waals surface area contributed by atoms with Gasteiger partial charge in [-0.15, -0.1) is 0 Å². The van der Waals surface area contributed by atoms with Gasteiger partial charge < -0.3 is 4.74 Å². The number of hydrogen-bond donors (Lipinski definition) is 0. The van der Waals surface area contributed by atoms with E-state index in [-0.39, 0.29) is 11.9 Å². The van der Waals surface area contributed by atoms with E-state index in [1.165, 1.54) is 0 Å². The first-order valence-electron chi connectivity index (χ1n) is 4.56. The topological polar surface area (TPSA) is 26.3 Å². The lowest BCUT2D eigenvalue weighted by atomic mass is 10.1. The summed E-state index contributed by atoms with van der Waals surface area (Å²) < 4.78 is 5.35. The molecule has 0 fully saturated rings. The van der Waals surface area contributed by atoms with E-state index in [9.17, 15) is 4.79 Å². The Bertz CT molecular complexity index is 331. The molecule has 2 rings (SSSR count). The maximum Gasteiger partial charge on any atom is 0.192 e. The first kappa shape index (κ1) is 8.45. The zero-order valence-electron chi connectivity index (χ0n) is 7.62. The third-order valence-electron chi connectivity index (χ3n) is 2.35. The van der Waals surface area contributed by atoms with Gasteiger partial charge in [0.05, 0.1) is 0 Å². The Morgan fingerprint density at radius 1 is 1.46 bits per heavy atom. The van der Waals surface area contributed by atoms with Gasteiger partial charge in [-0.1, -0.05) is 24.3 Å². The number of fused-ring (bicyclic) bond motifs is 1. The van der Waals surface area contributed by atoms with E-state index in [0.717, 1.165) is 17.5 Å². The Morgan fingerprint density at radius 2 is 2.23 bits per heavy atom. The van der Waals surface area contributed by atoms with Crippen LogP contribution in [0.15, 0.2) is 24.3 Å². The van der Waals surface area contributed by atoms with E-state index >= 15 is 0 Å². The van der Waals surface area contributed by atoms with E-state index in [1.54, 1.807) is 0 Å². The Kier molecular flexibility index (Phi) is 2.15. The van der Waals surface area contributed by atoms with Crippen molar-refractivity contribution in [1.82, 2.24) is 0 Å². The minimum atomic E-state index is -0.234. The lowest BCUT2D eigenvalue weighted by Crippen LogP contribution is -2.19. The van der Waals surface area contributed by atoms with E-state index in [2.05, 4.69) is 0 Å². The molecule has 1 aliphatic rings. The van der Waals surface area contributed by atoms with Gasteiger partial charge in [0.1, 0.15) is 6.10 Å². The van der Waals surface area contributed by atoms with Gasteiger partial charge >= 0.3 is 0 Å². The Labute approximate surface area is 77.5 Å². The summed E-state index contributed by atoms with van der Waals surface area (Å²) in [6, 6.07) is 7.72. The first-order chi connectivity index (χ1) is 6.33. The van der Waals surface area contributed by atoms with Crippen LogP contribution in [0.2, 0.25) is 0 Å². The minimum Gasteiger partial charge on any atom is -0.370 e. The van der Waals surface area contributed by atoms with Gasteiger partial charge in [-0.3, -0.25) is 4.79 Å². The highest BCUT2D eigenvalue weighted by molar-refractivity contribution is 6.03. The lowest BCUT2D eigenvalue weighted by molar-refractivity contribution is 0.0501. The van der Waals surface area contributed by atoms with Crippen molar-refractivity contribution in [3.8, 4) is 0 Å². The second-order valence-corrected chi connectivity index (χ2v) is 3.17. The molecule has 1 aromatic carbocycles. The van der Waals surface area contributed by atoms with Crippen LogP contribution in [0.25, 0.3) is 0 Å². The summed E-state index contributed by atoms with van der Waals surface area (Å²) >= 11 is 0. The fourth-order valence-electron chi connectivity index (χ4n) is 1.74. The Morgan fingerprint density at radius 3 is 2.92 bits per heavy atom. The van der Waals surface area contributed by atoms with E-state index in [1.807, 2.05) is 31.2 Å². The molecular formula is C11H12O2. The number of rotatable bonds is 2. The number of Topliss-reactive ketones (excluding diaryl/α,β-unsaturated/α-hetero) is 1. The molecule has 0 N–H and O–H groups in total. The molecule has 0 unspecified atom stereocenters. The van der Waals surface area contributed by atoms with Crippen molar-refractivity contribution in [3.63, 3.8) is 0 Å². The summed E-state index contributed by atoms with van der Waals surface area (Å²) in [6.45, 7) is 2.51. The SMILES string of the molecule is CCO[C@@H]1Cc2ccccc2C1=O. The van der Waals surface area contributed by atoms with E-state index < -0.39 is 0 Å². The van der Waals surface area contributed by atoms with E-state index in [0.29, 0.717) is 6.61 Å². The molecule has 0 aromatic heterocycles. The monoisotopic (exact) mass is 176 g/mol. The summed E-state index contributed by atoms with van der Waals surface area (Å²) in [4.78, 5) is 11.7. The van der Waals surface area contributed by atoms with Crippen molar-refractivity contribution < 1.29 is 9.53 Å². The maximum atomic E-state index is 11.7. The molecule has 0 radical (unpaired) electrons. The second-order valence-electron chi connectivity index (χ2n) is 3.17. The fourth-order valence-corrected chi connectivity index (χ4v) is 1.74. The van der Waals surface area contributed by atoms with Crippen molar-refractivity contribution >= 4 is 5.78 Å². The number of benzene rings is 1. The van der Waals surface area contributed by atoms with Crippen molar-refractivity contribution in [3.05, 3.63) is 35.4 Å². The van der Waals surface area contributed by atoms with Gasteiger partial charge in [0, 0.05) is 18.6 Å². The third-order valence-corrected chi connectivity index (χ3v) is 2.35. The largest absolute Gasteiger partial charge is 0.370 e. The molecule has 0 bridgehead atoms. The highest BCUT2D eigenvalue weighted by Gasteiger charge is 2.29. The van der Waals surface area contributed by atoms with Gasteiger partial charge in [0.15, 0.2) is 5.78 Å². The predicted molar refractivity (Wildman–Crippen MR) is 49.9 cm³/mol. The number of ketones is 1. The van der Waals surface area contributed by atoms with Crippen LogP contribution in [0, 0.1) is 0 Å². The van der Waals surface area contributed by atoms with Crippen molar-refractivity contribution in [2.75, 3.05) is 6.61 Å². The van der Waals surface area contributed by atoms with Crippen LogP contribution < -0.4 is 0 Å². The smallest absolute Gasteiger partial charge is 0.192 e. The summed E-state index contributed by atoms with van der Waals surface area (Å²) in [5.41, 5.74) is 1.95. The van der Waals surface area contributed by atoms with Crippen LogP contribution in [0.1, 0.15) is 22.8 Å². The Hall–Kier alpha value is -1.15. The molecule has 2 nitrogen and oxygen atoms in total. The zero-order chi connectivity index (χ0) is 9.26. The van der Waals surface area contributed by atoms with Crippen molar-refractivity contribution in [2.45, 2.75) is 19.4 Å². The number of ether oxygens (including phenoxy) is 1. The summed E-state index contributed by atoms with van der Waals surface area (Å²) in [5.74, 6) is 0.137. The highest BCUT2D eigenvalue weighted by atomic mass is 16.5. The van der Waals surface area contributed by atoms with Crippen LogP contribution in [0.5, 0.6) is 0 Å². The van der Waals surface area contributed by atoms with Gasteiger partial charge in [-0.05, 0) is 12.5 Å². The molecule has 0 heterocycles. The predicted octanol–water partition coefficient (Wildman–Crippen LogP) is 1.83. The second kappa shape index (κ2) is 3.30. The van der Waals surface area contributed by atoms with Crippen LogP contribution in [-0.4, -0.2) is 18.5 Å². The van der Waals surface area contributed by atoms with E-state index in [4.69, 9.17) is 4.74 Å². The molecule has 0 saturated carbocycles. The van der Waals surface area contributed by atoms with Gasteiger partial charge in [0.2, 0.25) is 0 Å². The van der Waals surface area contributed by atoms with Crippen LogP contribution in [-0.2, 0) is 11.2 Å². The normalized spacial score (nSPS) is 20.4. The molecule has 0 aliphatic heterocycles. The van der Waals surface area contributed by atoms with Crippen molar-refractivity contribution in [2.24, 2.45) is 0 Å². The first-order valence-corrected chi connectivity index (χ1v) is 4.56. The summed E-state index contributed by atoms with van der Waals surface area (Å²) in [6.07, 6.45) is 0.505. The maximum absolute atomic E-state index is 11.7. The third kappa shape index (κ3) is 1.38. The van der Waals surface area contributed by atoms with Crippen LogP contribution in [0.4, 0.5) is 0 Å². The molecule has 0 spiro atoms. The molecule has 0 amide bonds. The Balaban J connectivity index is 2.28.